The van der Waals surface area contributed by atoms with Crippen molar-refractivity contribution in [3.8, 4) is 0 Å². The van der Waals surface area contributed by atoms with E-state index in [1.807, 2.05) is 23.1 Å². The van der Waals surface area contributed by atoms with Gasteiger partial charge in [0, 0.05) is 38.3 Å². The first-order valence-electron chi connectivity index (χ1n) is 7.74. The van der Waals surface area contributed by atoms with Gasteiger partial charge in [0.1, 0.15) is 0 Å². The Morgan fingerprint density at radius 2 is 2.05 bits per heavy atom. The number of H-pyrrole nitrogens is 1. The summed E-state index contributed by atoms with van der Waals surface area (Å²) in [6, 6.07) is 5.69. The second-order valence-electron chi connectivity index (χ2n) is 6.17. The highest BCUT2D eigenvalue weighted by atomic mass is 16.2. The van der Waals surface area contributed by atoms with Crippen molar-refractivity contribution in [1.82, 2.24) is 19.8 Å². The lowest BCUT2D eigenvalue weighted by Gasteiger charge is -2.34. The van der Waals surface area contributed by atoms with E-state index >= 15 is 0 Å². The number of nitrogens with zero attached hydrogens (tertiary/aromatic N) is 3. The summed E-state index contributed by atoms with van der Waals surface area (Å²) in [5.41, 5.74) is 2.58. The molecule has 1 aliphatic carbocycles. The molecule has 21 heavy (non-hydrogen) atoms. The van der Waals surface area contributed by atoms with Crippen LogP contribution in [0.15, 0.2) is 24.5 Å². The molecule has 1 amide bonds. The second-order valence-corrected chi connectivity index (χ2v) is 6.17. The topological polar surface area (TPSA) is 52.2 Å². The minimum atomic E-state index is 0.137. The van der Waals surface area contributed by atoms with Crippen LogP contribution in [0.25, 0.3) is 11.0 Å². The maximum Gasteiger partial charge on any atom is 0.254 e. The van der Waals surface area contributed by atoms with Gasteiger partial charge in [0.2, 0.25) is 0 Å². The molecular formula is C16H20N4O. The third kappa shape index (κ3) is 2.65. The Balaban J connectivity index is 1.42. The SMILES string of the molecule is O=C(c1ccc2nc[nH]c2c1)N1CCN(CC2CC2)CC1. The van der Waals surface area contributed by atoms with E-state index in [-0.39, 0.29) is 5.91 Å². The minimum absolute atomic E-state index is 0.137. The number of benzene rings is 1. The first-order valence-corrected chi connectivity index (χ1v) is 7.74. The van der Waals surface area contributed by atoms with Crippen molar-refractivity contribution in [2.24, 2.45) is 5.92 Å². The number of piperazine rings is 1. The molecule has 0 spiro atoms. The highest BCUT2D eigenvalue weighted by Crippen LogP contribution is 2.30. The third-order valence-corrected chi connectivity index (χ3v) is 4.54. The molecule has 1 saturated heterocycles. The van der Waals surface area contributed by atoms with Gasteiger partial charge in [0.25, 0.3) is 5.91 Å². The van der Waals surface area contributed by atoms with E-state index in [0.29, 0.717) is 0 Å². The Hall–Kier alpha value is -1.88. The molecule has 2 heterocycles. The average molecular weight is 284 g/mol. The third-order valence-electron chi connectivity index (χ3n) is 4.54. The first-order chi connectivity index (χ1) is 10.3. The van der Waals surface area contributed by atoms with Crippen LogP contribution in [-0.2, 0) is 0 Å². The van der Waals surface area contributed by atoms with Crippen LogP contribution in [0.5, 0.6) is 0 Å². The molecular weight excluding hydrogens is 264 g/mol. The molecule has 1 aromatic heterocycles. The fourth-order valence-electron chi connectivity index (χ4n) is 3.05. The lowest BCUT2D eigenvalue weighted by atomic mass is 10.1. The van der Waals surface area contributed by atoms with E-state index in [0.717, 1.165) is 48.7 Å². The summed E-state index contributed by atoms with van der Waals surface area (Å²) < 4.78 is 0. The quantitative estimate of drug-likeness (QED) is 0.934. The smallest absolute Gasteiger partial charge is 0.254 e. The second kappa shape index (κ2) is 5.15. The lowest BCUT2D eigenvalue weighted by molar-refractivity contribution is 0.0632. The van der Waals surface area contributed by atoms with Gasteiger partial charge in [-0.25, -0.2) is 4.98 Å². The molecule has 0 unspecified atom stereocenters. The van der Waals surface area contributed by atoms with Crippen LogP contribution in [0, 0.1) is 5.92 Å². The maximum absolute atomic E-state index is 12.6. The number of hydrogen-bond donors (Lipinski definition) is 1. The van der Waals surface area contributed by atoms with Gasteiger partial charge in [-0.2, -0.15) is 0 Å². The van der Waals surface area contributed by atoms with Crippen molar-refractivity contribution in [2.45, 2.75) is 12.8 Å². The highest BCUT2D eigenvalue weighted by Gasteiger charge is 2.27. The Morgan fingerprint density at radius 3 is 2.81 bits per heavy atom. The van der Waals surface area contributed by atoms with E-state index in [4.69, 9.17) is 0 Å². The summed E-state index contributed by atoms with van der Waals surface area (Å²) in [5.74, 6) is 1.06. The van der Waals surface area contributed by atoms with Crippen molar-refractivity contribution in [2.75, 3.05) is 32.7 Å². The van der Waals surface area contributed by atoms with E-state index in [1.165, 1.54) is 19.4 Å². The van der Waals surface area contributed by atoms with Crippen LogP contribution in [0.4, 0.5) is 0 Å². The van der Waals surface area contributed by atoms with Crippen molar-refractivity contribution >= 4 is 16.9 Å². The number of fused-ring (bicyclic) bond motifs is 1. The summed E-state index contributed by atoms with van der Waals surface area (Å²) in [7, 11) is 0. The molecule has 1 saturated carbocycles. The molecule has 1 aliphatic heterocycles. The van der Waals surface area contributed by atoms with E-state index in [9.17, 15) is 4.79 Å². The molecule has 4 rings (SSSR count). The molecule has 0 radical (unpaired) electrons. The Morgan fingerprint density at radius 1 is 1.24 bits per heavy atom. The zero-order chi connectivity index (χ0) is 14.2. The average Bonchev–Trinajstić information content (AvgIpc) is 3.21. The van der Waals surface area contributed by atoms with Crippen LogP contribution in [0.1, 0.15) is 23.2 Å². The monoisotopic (exact) mass is 284 g/mol. The fourth-order valence-corrected chi connectivity index (χ4v) is 3.05. The number of carbonyl (C=O) groups excluding carboxylic acids is 1. The molecule has 1 N–H and O–H groups in total. The summed E-state index contributed by atoms with van der Waals surface area (Å²) in [6.07, 6.45) is 4.45. The number of aromatic nitrogens is 2. The molecule has 2 fully saturated rings. The number of rotatable bonds is 3. The van der Waals surface area contributed by atoms with Gasteiger partial charge in [0.15, 0.2) is 0 Å². The summed E-state index contributed by atoms with van der Waals surface area (Å²) >= 11 is 0. The van der Waals surface area contributed by atoms with Gasteiger partial charge >= 0.3 is 0 Å². The number of aromatic amines is 1. The van der Waals surface area contributed by atoms with Gasteiger partial charge in [-0.05, 0) is 37.0 Å². The summed E-state index contributed by atoms with van der Waals surface area (Å²) in [4.78, 5) is 24.3. The van der Waals surface area contributed by atoms with Crippen LogP contribution in [-0.4, -0.2) is 58.4 Å². The molecule has 5 heteroatoms. The number of hydrogen-bond acceptors (Lipinski definition) is 3. The number of imidazole rings is 1. The molecule has 5 nitrogen and oxygen atoms in total. The normalized spacial score (nSPS) is 20.1. The largest absolute Gasteiger partial charge is 0.345 e. The Kier molecular flexibility index (Phi) is 3.15. The van der Waals surface area contributed by atoms with Crippen molar-refractivity contribution < 1.29 is 4.79 Å². The fraction of sp³-hybridized carbons (Fsp3) is 0.500. The van der Waals surface area contributed by atoms with E-state index in [1.54, 1.807) is 6.33 Å². The van der Waals surface area contributed by atoms with Gasteiger partial charge in [-0.15, -0.1) is 0 Å². The number of nitrogens with one attached hydrogen (secondary N) is 1. The van der Waals surface area contributed by atoms with Gasteiger partial charge in [-0.3, -0.25) is 9.69 Å². The van der Waals surface area contributed by atoms with Crippen molar-refractivity contribution in [3.63, 3.8) is 0 Å². The van der Waals surface area contributed by atoms with Crippen molar-refractivity contribution in [3.05, 3.63) is 30.1 Å². The predicted octanol–water partition coefficient (Wildman–Crippen LogP) is 1.73. The summed E-state index contributed by atoms with van der Waals surface area (Å²) in [6.45, 7) is 4.92. The van der Waals surface area contributed by atoms with Crippen LogP contribution >= 0.6 is 0 Å². The van der Waals surface area contributed by atoms with Crippen molar-refractivity contribution in [1.29, 1.82) is 0 Å². The maximum atomic E-state index is 12.6. The van der Waals surface area contributed by atoms with Crippen LogP contribution in [0.2, 0.25) is 0 Å². The lowest BCUT2D eigenvalue weighted by Crippen LogP contribution is -2.49. The van der Waals surface area contributed by atoms with Crippen LogP contribution in [0.3, 0.4) is 0 Å². The van der Waals surface area contributed by atoms with Crippen LogP contribution < -0.4 is 0 Å². The molecule has 0 atom stereocenters. The predicted molar refractivity (Wildman–Crippen MR) is 81.2 cm³/mol. The standard InChI is InChI=1S/C16H20N4O/c21-16(13-3-4-14-15(9-13)18-11-17-14)20-7-5-19(6-8-20)10-12-1-2-12/h3-4,9,11-12H,1-2,5-8,10H2,(H,17,18). The zero-order valence-corrected chi connectivity index (χ0v) is 12.1. The van der Waals surface area contributed by atoms with E-state index in [2.05, 4.69) is 14.9 Å². The van der Waals surface area contributed by atoms with Gasteiger partial charge in [-0.1, -0.05) is 0 Å². The molecule has 2 aromatic rings. The molecule has 0 bridgehead atoms. The zero-order valence-electron chi connectivity index (χ0n) is 12.1. The first kappa shape index (κ1) is 12.8. The summed E-state index contributed by atoms with van der Waals surface area (Å²) in [5, 5.41) is 0. The molecule has 1 aromatic carbocycles. The number of amides is 1. The van der Waals surface area contributed by atoms with Gasteiger partial charge < -0.3 is 9.88 Å². The highest BCUT2D eigenvalue weighted by molar-refractivity contribution is 5.97. The van der Waals surface area contributed by atoms with E-state index < -0.39 is 0 Å². The molecule has 110 valence electrons. The minimum Gasteiger partial charge on any atom is -0.345 e. The number of carbonyl (C=O) groups is 1. The Labute approximate surface area is 123 Å². The Bertz CT molecular complexity index is 653. The molecule has 2 aliphatic rings. The van der Waals surface area contributed by atoms with Gasteiger partial charge in [0.05, 0.1) is 17.4 Å².